The van der Waals surface area contributed by atoms with E-state index in [9.17, 15) is 9.59 Å². The summed E-state index contributed by atoms with van der Waals surface area (Å²) in [6.45, 7) is 0.573. The molecule has 0 spiro atoms. The Hall–Kier alpha value is -1.95. The number of carbonyl (C=O) groups excluding carboxylic acids is 1. The van der Waals surface area contributed by atoms with Crippen LogP contribution in [0.5, 0.6) is 0 Å². The van der Waals surface area contributed by atoms with Crippen LogP contribution >= 0.6 is 15.9 Å². The molecule has 2 aromatic rings. The molecule has 2 N–H and O–H groups in total. The number of nitrogens with one attached hydrogen (secondary N) is 2. The molecular weight excluding hydrogens is 346 g/mol. The van der Waals surface area contributed by atoms with E-state index >= 15 is 0 Å². The van der Waals surface area contributed by atoms with E-state index in [1.165, 1.54) is 24.1 Å². The fraction of sp³-hybridized carbons (Fsp3) is 0.312. The molecule has 1 amide bonds. The van der Waals surface area contributed by atoms with Crippen LogP contribution in [0.3, 0.4) is 0 Å². The Bertz CT molecular complexity index is 733. The smallest absolute Gasteiger partial charge is 0.271 e. The van der Waals surface area contributed by atoms with Gasteiger partial charge in [0.1, 0.15) is 5.69 Å². The minimum absolute atomic E-state index is 0.00162. The molecule has 0 saturated heterocycles. The zero-order valence-electron chi connectivity index (χ0n) is 11.9. The van der Waals surface area contributed by atoms with Crippen LogP contribution < -0.4 is 10.9 Å². The fourth-order valence-electron chi connectivity index (χ4n) is 2.80. The van der Waals surface area contributed by atoms with Crippen molar-refractivity contribution in [3.8, 4) is 0 Å². The Kier molecular flexibility index (Phi) is 4.11. The number of H-pyrrole nitrogens is 1. The van der Waals surface area contributed by atoms with Crippen molar-refractivity contribution in [1.29, 1.82) is 0 Å². The molecular formula is C16H16BrN3O2. The van der Waals surface area contributed by atoms with Gasteiger partial charge in [-0.05, 0) is 36.6 Å². The molecule has 0 atom stereocenters. The largest absolute Gasteiger partial charge is 0.350 e. The summed E-state index contributed by atoms with van der Waals surface area (Å²) in [5, 5.41) is 8.97. The molecule has 1 aromatic carbocycles. The third-order valence-corrected chi connectivity index (χ3v) is 4.74. The van der Waals surface area contributed by atoms with Gasteiger partial charge in [-0.2, -0.15) is 5.10 Å². The van der Waals surface area contributed by atoms with Gasteiger partial charge in [-0.15, -0.1) is 0 Å². The van der Waals surface area contributed by atoms with E-state index < -0.39 is 0 Å². The molecule has 0 unspecified atom stereocenters. The lowest BCUT2D eigenvalue weighted by atomic mass is 9.64. The lowest BCUT2D eigenvalue weighted by Gasteiger charge is -2.42. The summed E-state index contributed by atoms with van der Waals surface area (Å²) in [7, 11) is 0. The van der Waals surface area contributed by atoms with E-state index in [1.54, 1.807) is 0 Å². The topological polar surface area (TPSA) is 74.8 Å². The predicted molar refractivity (Wildman–Crippen MR) is 86.9 cm³/mol. The van der Waals surface area contributed by atoms with Gasteiger partial charge in [0.25, 0.3) is 11.5 Å². The maximum Gasteiger partial charge on any atom is 0.271 e. The van der Waals surface area contributed by atoms with Gasteiger partial charge < -0.3 is 5.32 Å². The van der Waals surface area contributed by atoms with Gasteiger partial charge in [0.05, 0.1) is 0 Å². The molecule has 22 heavy (non-hydrogen) atoms. The average Bonchev–Trinajstić information content (AvgIpc) is 2.47. The maximum absolute atomic E-state index is 12.1. The van der Waals surface area contributed by atoms with Crippen molar-refractivity contribution >= 4 is 21.8 Å². The lowest BCUT2D eigenvalue weighted by Crippen LogP contribution is -2.45. The first-order valence-electron chi connectivity index (χ1n) is 7.19. The lowest BCUT2D eigenvalue weighted by molar-refractivity contribution is 0.0921. The van der Waals surface area contributed by atoms with Crippen molar-refractivity contribution in [3.05, 3.63) is 62.5 Å². The zero-order valence-corrected chi connectivity index (χ0v) is 13.5. The van der Waals surface area contributed by atoms with Crippen molar-refractivity contribution in [3.63, 3.8) is 0 Å². The number of hydrogen-bond donors (Lipinski definition) is 2. The van der Waals surface area contributed by atoms with Crippen molar-refractivity contribution in [2.45, 2.75) is 24.7 Å². The number of amides is 1. The van der Waals surface area contributed by atoms with Gasteiger partial charge in [0.15, 0.2) is 0 Å². The highest BCUT2D eigenvalue weighted by molar-refractivity contribution is 9.10. The molecule has 0 bridgehead atoms. The SMILES string of the molecule is O=C(NCC1(c2cccc(Br)c2)CCC1)c1ccc(=O)[nH]n1. The zero-order chi connectivity index (χ0) is 15.6. The Labute approximate surface area is 136 Å². The van der Waals surface area contributed by atoms with Crippen LogP contribution in [0, 0.1) is 0 Å². The first-order chi connectivity index (χ1) is 10.6. The molecule has 1 fully saturated rings. The second-order valence-electron chi connectivity index (χ2n) is 5.63. The molecule has 1 aliphatic rings. The second kappa shape index (κ2) is 6.04. The second-order valence-corrected chi connectivity index (χ2v) is 6.55. The number of halogens is 1. The van der Waals surface area contributed by atoms with Gasteiger partial charge in [0, 0.05) is 22.5 Å². The van der Waals surface area contributed by atoms with E-state index in [0.717, 1.165) is 17.3 Å². The summed E-state index contributed by atoms with van der Waals surface area (Å²) >= 11 is 3.50. The van der Waals surface area contributed by atoms with Crippen molar-refractivity contribution in [2.24, 2.45) is 0 Å². The Balaban J connectivity index is 1.72. The van der Waals surface area contributed by atoms with Gasteiger partial charge in [-0.1, -0.05) is 34.5 Å². The molecule has 5 nitrogen and oxygen atoms in total. The molecule has 0 radical (unpaired) electrons. The van der Waals surface area contributed by atoms with Crippen LogP contribution in [0.4, 0.5) is 0 Å². The van der Waals surface area contributed by atoms with Crippen LogP contribution in [0.2, 0.25) is 0 Å². The van der Waals surface area contributed by atoms with Gasteiger partial charge in [-0.3, -0.25) is 9.59 Å². The minimum atomic E-state index is -0.318. The Morgan fingerprint density at radius 2 is 2.14 bits per heavy atom. The molecule has 1 aliphatic carbocycles. The highest BCUT2D eigenvalue weighted by Gasteiger charge is 2.39. The van der Waals surface area contributed by atoms with Gasteiger partial charge in [0.2, 0.25) is 0 Å². The van der Waals surface area contributed by atoms with Gasteiger partial charge in [-0.25, -0.2) is 5.10 Å². The summed E-state index contributed by atoms with van der Waals surface area (Å²) in [5.74, 6) is -0.266. The molecule has 6 heteroatoms. The van der Waals surface area contributed by atoms with Crippen molar-refractivity contribution in [1.82, 2.24) is 15.5 Å². The number of nitrogens with zero attached hydrogens (tertiary/aromatic N) is 1. The van der Waals surface area contributed by atoms with Crippen LogP contribution in [-0.4, -0.2) is 22.6 Å². The highest BCUT2D eigenvalue weighted by Crippen LogP contribution is 2.43. The van der Waals surface area contributed by atoms with Crippen LogP contribution in [0.15, 0.2) is 45.7 Å². The maximum atomic E-state index is 12.1. The number of benzene rings is 1. The molecule has 1 saturated carbocycles. The van der Waals surface area contributed by atoms with Crippen molar-refractivity contribution < 1.29 is 4.79 Å². The summed E-state index contributed by atoms with van der Waals surface area (Å²) < 4.78 is 1.05. The number of hydrogen-bond acceptors (Lipinski definition) is 3. The normalized spacial score (nSPS) is 15.9. The third-order valence-electron chi connectivity index (χ3n) is 4.25. The monoisotopic (exact) mass is 361 g/mol. The number of aromatic nitrogens is 2. The third kappa shape index (κ3) is 2.97. The average molecular weight is 362 g/mol. The standard InChI is InChI=1S/C16H16BrN3O2/c17-12-4-1-3-11(9-12)16(7-2-8-16)10-18-15(22)13-5-6-14(21)20-19-13/h1,3-6,9H,2,7-8,10H2,(H,18,22)(H,20,21). The number of aromatic amines is 1. The predicted octanol–water partition coefficient (Wildman–Crippen LogP) is 2.38. The molecule has 1 heterocycles. The molecule has 114 valence electrons. The van der Waals surface area contributed by atoms with Crippen LogP contribution in [0.1, 0.15) is 35.3 Å². The molecule has 3 rings (SSSR count). The van der Waals surface area contributed by atoms with E-state index in [-0.39, 0.29) is 22.6 Å². The Morgan fingerprint density at radius 3 is 2.73 bits per heavy atom. The Morgan fingerprint density at radius 1 is 1.32 bits per heavy atom. The van der Waals surface area contributed by atoms with E-state index in [4.69, 9.17) is 0 Å². The quantitative estimate of drug-likeness (QED) is 0.877. The fourth-order valence-corrected chi connectivity index (χ4v) is 3.20. The number of carbonyl (C=O) groups is 1. The van der Waals surface area contributed by atoms with Crippen LogP contribution in [0.25, 0.3) is 0 Å². The van der Waals surface area contributed by atoms with Crippen LogP contribution in [-0.2, 0) is 5.41 Å². The van der Waals surface area contributed by atoms with Gasteiger partial charge >= 0.3 is 0 Å². The highest BCUT2D eigenvalue weighted by atomic mass is 79.9. The van der Waals surface area contributed by atoms with E-state index in [2.05, 4.69) is 43.6 Å². The molecule has 1 aromatic heterocycles. The summed E-state index contributed by atoms with van der Waals surface area (Å²) in [5.41, 5.74) is 1.15. The number of rotatable bonds is 4. The first kappa shape index (κ1) is 15.0. The minimum Gasteiger partial charge on any atom is -0.350 e. The van der Waals surface area contributed by atoms with Crippen molar-refractivity contribution in [2.75, 3.05) is 6.54 Å². The summed E-state index contributed by atoms with van der Waals surface area (Å²) in [6.07, 6.45) is 3.28. The van der Waals surface area contributed by atoms with E-state index in [0.29, 0.717) is 6.54 Å². The first-order valence-corrected chi connectivity index (χ1v) is 7.98. The van der Waals surface area contributed by atoms with E-state index in [1.807, 2.05) is 12.1 Å². The molecule has 0 aliphatic heterocycles. The summed E-state index contributed by atoms with van der Waals surface area (Å²) in [6, 6.07) is 11.0. The summed E-state index contributed by atoms with van der Waals surface area (Å²) in [4.78, 5) is 23.1.